The average molecular weight is 391 g/mol. The number of halogens is 1. The number of thioether (sulfide) groups is 1. The molecule has 10 heteroatoms. The van der Waals surface area contributed by atoms with Gasteiger partial charge in [0.2, 0.25) is 0 Å². The third-order valence-electron chi connectivity index (χ3n) is 4.21. The molecule has 8 nitrogen and oxygen atoms in total. The fraction of sp³-hybridized carbons (Fsp3) is 0.250. The summed E-state index contributed by atoms with van der Waals surface area (Å²) in [6, 6.07) is 5.50. The van der Waals surface area contributed by atoms with E-state index in [2.05, 4.69) is 15.0 Å². The van der Waals surface area contributed by atoms with E-state index >= 15 is 0 Å². The van der Waals surface area contributed by atoms with E-state index in [4.69, 9.17) is 11.6 Å². The quantitative estimate of drug-likeness (QED) is 0.536. The van der Waals surface area contributed by atoms with Crippen molar-refractivity contribution < 1.29 is 0 Å². The van der Waals surface area contributed by atoms with Crippen LogP contribution in [0.15, 0.2) is 39.3 Å². The third kappa shape index (κ3) is 2.73. The molecule has 1 aromatic carbocycles. The number of nitrogens with zero attached hydrogens (tertiary/aromatic N) is 5. The van der Waals surface area contributed by atoms with Crippen LogP contribution in [0.4, 0.5) is 0 Å². The third-order valence-corrected chi connectivity index (χ3v) is 5.30. The minimum Gasteiger partial charge on any atom is -0.333 e. The van der Waals surface area contributed by atoms with Gasteiger partial charge < -0.3 is 9.55 Å². The van der Waals surface area contributed by atoms with E-state index in [9.17, 15) is 9.59 Å². The minimum absolute atomic E-state index is 0.344. The van der Waals surface area contributed by atoms with E-state index in [-0.39, 0.29) is 11.2 Å². The van der Waals surface area contributed by atoms with Gasteiger partial charge in [0.25, 0.3) is 5.56 Å². The Bertz CT molecular complexity index is 1250. The second-order valence-corrected chi connectivity index (χ2v) is 7.39. The average Bonchev–Trinajstić information content (AvgIpc) is 3.21. The molecule has 26 heavy (non-hydrogen) atoms. The summed E-state index contributed by atoms with van der Waals surface area (Å²) in [6.45, 7) is 0.562. The number of hydrogen-bond acceptors (Lipinski definition) is 5. The first-order chi connectivity index (χ1) is 12.5. The maximum absolute atomic E-state index is 12.4. The molecule has 0 fully saturated rings. The minimum atomic E-state index is -0.386. The van der Waals surface area contributed by atoms with Gasteiger partial charge in [-0.2, -0.15) is 0 Å². The molecule has 0 aliphatic carbocycles. The number of H-pyrrole nitrogens is 1. The highest BCUT2D eigenvalue weighted by molar-refractivity contribution is 7.99. The van der Waals surface area contributed by atoms with Crippen LogP contribution >= 0.6 is 23.4 Å². The second-order valence-electron chi connectivity index (χ2n) is 5.87. The summed E-state index contributed by atoms with van der Waals surface area (Å²) < 4.78 is 4.24. The van der Waals surface area contributed by atoms with Crippen LogP contribution in [0.2, 0.25) is 5.02 Å². The molecule has 0 aliphatic heterocycles. The Labute approximate surface area is 156 Å². The Morgan fingerprint density at radius 3 is 2.85 bits per heavy atom. The molecule has 4 rings (SSSR count). The molecule has 0 bridgehead atoms. The van der Waals surface area contributed by atoms with E-state index in [0.29, 0.717) is 28.5 Å². The first-order valence-electron chi connectivity index (χ1n) is 7.84. The number of benzene rings is 1. The molecule has 0 saturated carbocycles. The van der Waals surface area contributed by atoms with Crippen molar-refractivity contribution in [3.63, 3.8) is 0 Å². The van der Waals surface area contributed by atoms with Crippen molar-refractivity contribution in [1.82, 2.24) is 28.7 Å². The molecule has 0 atom stereocenters. The Morgan fingerprint density at radius 1 is 1.23 bits per heavy atom. The fourth-order valence-corrected chi connectivity index (χ4v) is 3.83. The monoisotopic (exact) mass is 390 g/mol. The van der Waals surface area contributed by atoms with Crippen molar-refractivity contribution in [2.45, 2.75) is 11.7 Å². The molecular formula is C16H15ClN6O2S. The van der Waals surface area contributed by atoms with Gasteiger partial charge in [0, 0.05) is 31.4 Å². The summed E-state index contributed by atoms with van der Waals surface area (Å²) in [6.07, 6.45) is 1.59. The van der Waals surface area contributed by atoms with Crippen LogP contribution in [0.3, 0.4) is 0 Å². The summed E-state index contributed by atoms with van der Waals surface area (Å²) in [5.74, 6) is 0.686. The molecule has 0 saturated heterocycles. The zero-order valence-electron chi connectivity index (χ0n) is 14.1. The summed E-state index contributed by atoms with van der Waals surface area (Å²) in [7, 11) is 3.07. The molecule has 0 amide bonds. The normalized spacial score (nSPS) is 11.7. The Morgan fingerprint density at radius 2 is 2.04 bits per heavy atom. The van der Waals surface area contributed by atoms with Crippen molar-refractivity contribution in [3.05, 3.63) is 50.4 Å². The number of fused-ring (bicyclic) bond motifs is 2. The maximum atomic E-state index is 12.4. The fourth-order valence-electron chi connectivity index (χ4n) is 2.83. The van der Waals surface area contributed by atoms with E-state index in [0.717, 1.165) is 20.8 Å². The number of aryl methyl sites for hydroxylation is 2. The molecule has 134 valence electrons. The summed E-state index contributed by atoms with van der Waals surface area (Å²) in [4.78, 5) is 36.3. The predicted molar refractivity (Wildman–Crippen MR) is 102 cm³/mol. The summed E-state index contributed by atoms with van der Waals surface area (Å²) in [5.41, 5.74) is 1.82. The highest BCUT2D eigenvalue weighted by atomic mass is 35.5. The Balaban J connectivity index is 1.58. The Hall–Kier alpha value is -2.52. The van der Waals surface area contributed by atoms with Gasteiger partial charge in [0.1, 0.15) is 0 Å². The van der Waals surface area contributed by atoms with Gasteiger partial charge in [-0.05, 0) is 18.2 Å². The number of aromatic amines is 1. The second kappa shape index (κ2) is 6.33. The zero-order chi connectivity index (χ0) is 18.4. The van der Waals surface area contributed by atoms with Crippen LogP contribution in [0.1, 0.15) is 0 Å². The van der Waals surface area contributed by atoms with Gasteiger partial charge in [-0.15, -0.1) is 0 Å². The zero-order valence-corrected chi connectivity index (χ0v) is 15.6. The van der Waals surface area contributed by atoms with E-state index in [1.807, 2.05) is 12.1 Å². The van der Waals surface area contributed by atoms with Crippen molar-refractivity contribution in [2.24, 2.45) is 14.1 Å². The lowest BCUT2D eigenvalue weighted by Gasteiger charge is -2.06. The van der Waals surface area contributed by atoms with E-state index in [1.54, 1.807) is 35.8 Å². The highest BCUT2D eigenvalue weighted by Gasteiger charge is 2.14. The number of aromatic nitrogens is 6. The van der Waals surface area contributed by atoms with Gasteiger partial charge in [-0.25, -0.2) is 14.8 Å². The van der Waals surface area contributed by atoms with Crippen molar-refractivity contribution in [1.29, 1.82) is 0 Å². The smallest absolute Gasteiger partial charge is 0.332 e. The van der Waals surface area contributed by atoms with E-state index in [1.165, 1.54) is 11.6 Å². The largest absolute Gasteiger partial charge is 0.333 e. The van der Waals surface area contributed by atoms with Crippen LogP contribution in [0.5, 0.6) is 0 Å². The lowest BCUT2D eigenvalue weighted by Crippen LogP contribution is -2.37. The first kappa shape index (κ1) is 16.9. The van der Waals surface area contributed by atoms with Gasteiger partial charge in [-0.1, -0.05) is 23.4 Å². The van der Waals surface area contributed by atoms with Crippen LogP contribution in [-0.4, -0.2) is 34.4 Å². The lowest BCUT2D eigenvalue weighted by atomic mass is 10.3. The van der Waals surface area contributed by atoms with Gasteiger partial charge in [0.05, 0.1) is 17.4 Å². The lowest BCUT2D eigenvalue weighted by molar-refractivity contribution is 0.700. The highest BCUT2D eigenvalue weighted by Crippen LogP contribution is 2.22. The predicted octanol–water partition coefficient (Wildman–Crippen LogP) is 1.76. The Kier molecular flexibility index (Phi) is 4.12. The molecule has 0 aliphatic rings. The molecule has 4 aromatic rings. The number of nitrogens with one attached hydrogen (secondary N) is 1. The summed E-state index contributed by atoms with van der Waals surface area (Å²) in [5, 5.41) is 1.44. The molecule has 0 spiro atoms. The molecule has 3 aromatic heterocycles. The molecule has 0 unspecified atom stereocenters. The number of hydrogen-bond donors (Lipinski definition) is 1. The maximum Gasteiger partial charge on any atom is 0.332 e. The van der Waals surface area contributed by atoms with Gasteiger partial charge in [0.15, 0.2) is 16.3 Å². The number of rotatable bonds is 4. The number of imidazole rings is 2. The topological polar surface area (TPSA) is 90.5 Å². The van der Waals surface area contributed by atoms with Crippen molar-refractivity contribution in [3.8, 4) is 0 Å². The molecular weight excluding hydrogens is 376 g/mol. The van der Waals surface area contributed by atoms with Crippen LogP contribution in [-0.2, 0) is 20.6 Å². The van der Waals surface area contributed by atoms with Crippen molar-refractivity contribution >= 4 is 45.6 Å². The van der Waals surface area contributed by atoms with Crippen LogP contribution < -0.4 is 11.2 Å². The van der Waals surface area contributed by atoms with Gasteiger partial charge >= 0.3 is 5.69 Å². The first-order valence-corrected chi connectivity index (χ1v) is 9.21. The summed E-state index contributed by atoms with van der Waals surface area (Å²) >= 11 is 7.53. The van der Waals surface area contributed by atoms with Gasteiger partial charge in [-0.3, -0.25) is 13.9 Å². The standard InChI is InChI=1S/C16H15ClN6O2S/c1-21-13-12(14(24)22(2)16(21)25)23(8-18-13)5-6-26-15-19-10-4-3-9(17)7-11(10)20-15/h3-4,7-8H,5-6H2,1-2H3,(H,19,20). The van der Waals surface area contributed by atoms with Crippen LogP contribution in [0, 0.1) is 0 Å². The van der Waals surface area contributed by atoms with Crippen LogP contribution in [0.25, 0.3) is 22.2 Å². The van der Waals surface area contributed by atoms with E-state index < -0.39 is 0 Å². The molecule has 0 radical (unpaired) electrons. The molecule has 3 heterocycles. The molecule has 1 N–H and O–H groups in total. The SMILES string of the molecule is Cn1c(=O)c2c(ncn2CCSc2nc3ccc(Cl)cc3[nH]2)n(C)c1=O. The van der Waals surface area contributed by atoms with Crippen molar-refractivity contribution in [2.75, 3.05) is 5.75 Å².